The maximum absolute atomic E-state index is 10.6. The standard InChI is InChI=1S/C9H11N5O2S/c1-14-5-11-7(13-14)2-3-10-9-12-6(4-17-9)8(15)16/h4-5H,2-3H2,1H3,(H,10,12)(H,15,16). The van der Waals surface area contributed by atoms with Crippen molar-refractivity contribution >= 4 is 22.4 Å². The van der Waals surface area contributed by atoms with Crippen molar-refractivity contribution in [3.8, 4) is 0 Å². The van der Waals surface area contributed by atoms with Gasteiger partial charge in [-0.05, 0) is 0 Å². The number of nitrogens with zero attached hydrogens (tertiary/aromatic N) is 4. The van der Waals surface area contributed by atoms with Crippen LogP contribution >= 0.6 is 11.3 Å². The lowest BCUT2D eigenvalue weighted by Crippen LogP contribution is -2.06. The molecule has 0 unspecified atom stereocenters. The number of aromatic nitrogens is 4. The van der Waals surface area contributed by atoms with Crippen LogP contribution in [0.15, 0.2) is 11.7 Å². The zero-order chi connectivity index (χ0) is 12.3. The molecule has 0 saturated heterocycles. The number of thiazole rings is 1. The molecule has 0 saturated carbocycles. The fourth-order valence-corrected chi connectivity index (χ4v) is 1.95. The number of carboxylic acid groups (broad SMARTS) is 1. The van der Waals surface area contributed by atoms with E-state index in [0.717, 1.165) is 5.82 Å². The van der Waals surface area contributed by atoms with E-state index in [4.69, 9.17) is 5.11 Å². The van der Waals surface area contributed by atoms with Crippen LogP contribution in [-0.4, -0.2) is 37.4 Å². The van der Waals surface area contributed by atoms with Crippen molar-refractivity contribution in [2.75, 3.05) is 11.9 Å². The van der Waals surface area contributed by atoms with Crippen molar-refractivity contribution in [3.63, 3.8) is 0 Å². The van der Waals surface area contributed by atoms with E-state index in [1.807, 2.05) is 7.05 Å². The fourth-order valence-electron chi connectivity index (χ4n) is 1.23. The van der Waals surface area contributed by atoms with Crippen LogP contribution in [0.1, 0.15) is 16.3 Å². The van der Waals surface area contributed by atoms with Gasteiger partial charge >= 0.3 is 5.97 Å². The third-order valence-corrected chi connectivity index (χ3v) is 2.80. The minimum atomic E-state index is -1.01. The predicted molar refractivity (Wildman–Crippen MR) is 62.3 cm³/mol. The molecule has 0 spiro atoms. The number of aryl methyl sites for hydroxylation is 1. The lowest BCUT2D eigenvalue weighted by atomic mass is 10.4. The third kappa shape index (κ3) is 3.00. The van der Waals surface area contributed by atoms with Gasteiger partial charge < -0.3 is 10.4 Å². The molecule has 0 fully saturated rings. The maximum atomic E-state index is 10.6. The summed E-state index contributed by atoms with van der Waals surface area (Å²) in [4.78, 5) is 18.6. The highest BCUT2D eigenvalue weighted by molar-refractivity contribution is 7.13. The number of hydrogen-bond donors (Lipinski definition) is 2. The molecule has 7 nitrogen and oxygen atoms in total. The largest absolute Gasteiger partial charge is 0.476 e. The highest BCUT2D eigenvalue weighted by Gasteiger charge is 2.08. The number of anilines is 1. The van der Waals surface area contributed by atoms with Gasteiger partial charge in [0.1, 0.15) is 6.33 Å². The minimum Gasteiger partial charge on any atom is -0.476 e. The van der Waals surface area contributed by atoms with E-state index in [9.17, 15) is 4.79 Å². The van der Waals surface area contributed by atoms with Gasteiger partial charge in [0, 0.05) is 25.4 Å². The van der Waals surface area contributed by atoms with Crippen LogP contribution in [0, 0.1) is 0 Å². The summed E-state index contributed by atoms with van der Waals surface area (Å²) in [6, 6.07) is 0. The topological polar surface area (TPSA) is 92.9 Å². The van der Waals surface area contributed by atoms with E-state index in [0.29, 0.717) is 18.1 Å². The summed E-state index contributed by atoms with van der Waals surface area (Å²) < 4.78 is 1.64. The monoisotopic (exact) mass is 253 g/mol. The van der Waals surface area contributed by atoms with Gasteiger partial charge in [-0.3, -0.25) is 4.68 Å². The number of nitrogens with one attached hydrogen (secondary N) is 1. The molecule has 0 radical (unpaired) electrons. The molecule has 8 heteroatoms. The number of hydrogen-bond acceptors (Lipinski definition) is 6. The normalized spacial score (nSPS) is 10.4. The van der Waals surface area contributed by atoms with Gasteiger partial charge in [-0.15, -0.1) is 11.3 Å². The lowest BCUT2D eigenvalue weighted by molar-refractivity contribution is 0.0691. The lowest BCUT2D eigenvalue weighted by Gasteiger charge is -1.98. The minimum absolute atomic E-state index is 0.0634. The summed E-state index contributed by atoms with van der Waals surface area (Å²) in [5.41, 5.74) is 0.0634. The number of carboxylic acids is 1. The van der Waals surface area contributed by atoms with Crippen molar-refractivity contribution in [2.45, 2.75) is 6.42 Å². The Labute approximate surface area is 101 Å². The number of aromatic carboxylic acids is 1. The summed E-state index contributed by atoms with van der Waals surface area (Å²) in [6.07, 6.45) is 2.31. The molecule has 17 heavy (non-hydrogen) atoms. The first-order chi connectivity index (χ1) is 8.15. The first kappa shape index (κ1) is 11.5. The van der Waals surface area contributed by atoms with Gasteiger partial charge in [0.2, 0.25) is 0 Å². The van der Waals surface area contributed by atoms with Gasteiger partial charge in [-0.2, -0.15) is 5.10 Å². The second-order valence-corrected chi connectivity index (χ2v) is 4.21. The van der Waals surface area contributed by atoms with Crippen molar-refractivity contribution < 1.29 is 9.90 Å². The van der Waals surface area contributed by atoms with E-state index < -0.39 is 5.97 Å². The Morgan fingerprint density at radius 1 is 1.65 bits per heavy atom. The predicted octanol–water partition coefficient (Wildman–Crippen LogP) is 0.624. The smallest absolute Gasteiger partial charge is 0.355 e. The van der Waals surface area contributed by atoms with Crippen LogP contribution in [0.25, 0.3) is 0 Å². The Balaban J connectivity index is 1.83. The Hall–Kier alpha value is -1.96. The summed E-state index contributed by atoms with van der Waals surface area (Å²) in [7, 11) is 1.81. The summed E-state index contributed by atoms with van der Waals surface area (Å²) in [5, 5.41) is 18.0. The highest BCUT2D eigenvalue weighted by atomic mass is 32.1. The first-order valence-electron chi connectivity index (χ1n) is 4.92. The van der Waals surface area contributed by atoms with Crippen molar-refractivity contribution in [1.82, 2.24) is 19.7 Å². The van der Waals surface area contributed by atoms with Crippen LogP contribution in [0.4, 0.5) is 5.13 Å². The van der Waals surface area contributed by atoms with E-state index in [1.165, 1.54) is 16.7 Å². The molecule has 2 N–H and O–H groups in total. The van der Waals surface area contributed by atoms with E-state index in [1.54, 1.807) is 11.0 Å². The Bertz CT molecular complexity index is 521. The average Bonchev–Trinajstić information content (AvgIpc) is 2.88. The molecule has 0 amide bonds. The van der Waals surface area contributed by atoms with Gasteiger partial charge in [0.15, 0.2) is 16.6 Å². The molecular formula is C9H11N5O2S. The SMILES string of the molecule is Cn1cnc(CCNc2nc(C(=O)O)cs2)n1. The molecule has 0 aromatic carbocycles. The summed E-state index contributed by atoms with van der Waals surface area (Å²) >= 11 is 1.27. The summed E-state index contributed by atoms with van der Waals surface area (Å²) in [5.74, 6) is -0.268. The Kier molecular flexibility index (Phi) is 3.33. The zero-order valence-electron chi connectivity index (χ0n) is 9.12. The van der Waals surface area contributed by atoms with Crippen molar-refractivity contribution in [1.29, 1.82) is 0 Å². The van der Waals surface area contributed by atoms with Crippen LogP contribution in [0.5, 0.6) is 0 Å². The molecule has 0 aliphatic carbocycles. The molecule has 2 aromatic rings. The summed E-state index contributed by atoms with van der Waals surface area (Å²) in [6.45, 7) is 0.622. The van der Waals surface area contributed by atoms with Gasteiger partial charge in [0.05, 0.1) is 0 Å². The van der Waals surface area contributed by atoms with Crippen LogP contribution < -0.4 is 5.32 Å². The van der Waals surface area contributed by atoms with Gasteiger partial charge in [-0.25, -0.2) is 14.8 Å². The Morgan fingerprint density at radius 3 is 3.06 bits per heavy atom. The van der Waals surface area contributed by atoms with Crippen molar-refractivity contribution in [2.24, 2.45) is 7.05 Å². The second kappa shape index (κ2) is 4.91. The van der Waals surface area contributed by atoms with Gasteiger partial charge in [-0.1, -0.05) is 0 Å². The fraction of sp³-hybridized carbons (Fsp3) is 0.333. The van der Waals surface area contributed by atoms with E-state index in [2.05, 4.69) is 20.4 Å². The van der Waals surface area contributed by atoms with Gasteiger partial charge in [0.25, 0.3) is 0 Å². The number of carbonyl (C=O) groups is 1. The molecule has 0 aliphatic heterocycles. The molecule has 0 aliphatic rings. The number of rotatable bonds is 5. The molecule has 0 bridgehead atoms. The molecule has 0 atom stereocenters. The molecular weight excluding hydrogens is 242 g/mol. The molecule has 2 rings (SSSR count). The van der Waals surface area contributed by atoms with E-state index >= 15 is 0 Å². The molecule has 2 heterocycles. The zero-order valence-corrected chi connectivity index (χ0v) is 9.94. The average molecular weight is 253 g/mol. The van der Waals surface area contributed by atoms with Crippen molar-refractivity contribution in [3.05, 3.63) is 23.2 Å². The quantitative estimate of drug-likeness (QED) is 0.811. The van der Waals surface area contributed by atoms with E-state index in [-0.39, 0.29) is 5.69 Å². The van der Waals surface area contributed by atoms with Crippen LogP contribution in [0.3, 0.4) is 0 Å². The third-order valence-electron chi connectivity index (χ3n) is 2.00. The highest BCUT2D eigenvalue weighted by Crippen LogP contribution is 2.14. The molecule has 90 valence electrons. The molecule has 2 aromatic heterocycles. The maximum Gasteiger partial charge on any atom is 0.355 e. The second-order valence-electron chi connectivity index (χ2n) is 3.35. The van der Waals surface area contributed by atoms with Crippen LogP contribution in [-0.2, 0) is 13.5 Å². The van der Waals surface area contributed by atoms with Crippen LogP contribution in [0.2, 0.25) is 0 Å². The first-order valence-corrected chi connectivity index (χ1v) is 5.80. The Morgan fingerprint density at radius 2 is 2.47 bits per heavy atom.